The fourth-order valence-electron chi connectivity index (χ4n) is 3.73. The van der Waals surface area contributed by atoms with Gasteiger partial charge >= 0.3 is 7.67 Å². The zero-order chi connectivity index (χ0) is 23.7. The lowest BCUT2D eigenvalue weighted by Crippen LogP contribution is -2.55. The van der Waals surface area contributed by atoms with Gasteiger partial charge in [-0.25, -0.2) is 9.34 Å². The fourth-order valence-corrected chi connectivity index (χ4v) is 5.84. The quantitative estimate of drug-likeness (QED) is 0.310. The van der Waals surface area contributed by atoms with E-state index in [1.165, 1.54) is 0 Å². The average molecular weight is 464 g/mol. The molecule has 1 saturated heterocycles. The van der Waals surface area contributed by atoms with E-state index in [-0.39, 0.29) is 18.6 Å². The normalized spacial score (nSPS) is 20.0. The van der Waals surface area contributed by atoms with E-state index in [1.54, 1.807) is 44.4 Å². The first-order valence-electron chi connectivity index (χ1n) is 11.8. The van der Waals surface area contributed by atoms with Crippen LogP contribution in [0.3, 0.4) is 0 Å². The number of rotatable bonds is 14. The van der Waals surface area contributed by atoms with Gasteiger partial charge in [0.25, 0.3) is 5.91 Å². The maximum atomic E-state index is 13.9. The number of piperazine rings is 1. The summed E-state index contributed by atoms with van der Waals surface area (Å²) in [6.07, 6.45) is 5.56. The number of amides is 1. The van der Waals surface area contributed by atoms with Gasteiger partial charge in [-0.3, -0.25) is 9.36 Å². The van der Waals surface area contributed by atoms with Crippen molar-refractivity contribution in [3.05, 3.63) is 0 Å². The van der Waals surface area contributed by atoms with Gasteiger partial charge < -0.3 is 19.3 Å². The number of carbonyl (C=O) groups excluding carboxylic acids is 1. The van der Waals surface area contributed by atoms with Crippen molar-refractivity contribution in [2.75, 3.05) is 46.9 Å². The molecule has 0 spiro atoms. The smallest absolute Gasteiger partial charge is 0.345 e. The highest BCUT2D eigenvalue weighted by molar-refractivity contribution is 7.53. The van der Waals surface area contributed by atoms with Crippen LogP contribution in [0.15, 0.2) is 0 Å². The summed E-state index contributed by atoms with van der Waals surface area (Å²) in [5.74, 6) is -0.114. The first-order chi connectivity index (χ1) is 14.5. The summed E-state index contributed by atoms with van der Waals surface area (Å²) in [4.78, 5) is 14.7. The van der Waals surface area contributed by atoms with E-state index in [0.29, 0.717) is 26.2 Å². The van der Waals surface area contributed by atoms with Crippen LogP contribution in [0.25, 0.3) is 0 Å². The van der Waals surface area contributed by atoms with Crippen molar-refractivity contribution >= 4 is 13.6 Å². The lowest BCUT2D eigenvalue weighted by atomic mass is 10.1. The first-order valence-corrected chi connectivity index (χ1v) is 13.3. The second-order valence-corrected chi connectivity index (χ2v) is 11.8. The molecule has 0 radical (unpaired) electrons. The third kappa shape index (κ3) is 8.75. The van der Waals surface area contributed by atoms with Gasteiger partial charge in [-0.05, 0) is 47.7 Å². The standard InChI is InChI=1S/C22H46N3O5P/c1-8-10-11-13-20(12-9-2)30-31(28,23(6)7)25-16-14-24(15-17-25)21(27)22(4,5)29-18-19(3)26/h19-20,26H,8-18H2,1-7H3. The van der Waals surface area contributed by atoms with Crippen molar-refractivity contribution in [1.29, 1.82) is 0 Å². The van der Waals surface area contributed by atoms with Crippen molar-refractivity contribution < 1.29 is 23.7 Å². The summed E-state index contributed by atoms with van der Waals surface area (Å²) >= 11 is 0. The van der Waals surface area contributed by atoms with Crippen LogP contribution in [-0.4, -0.2) is 89.9 Å². The average Bonchev–Trinajstić information content (AvgIpc) is 2.72. The molecule has 0 aliphatic carbocycles. The van der Waals surface area contributed by atoms with E-state index in [0.717, 1.165) is 38.5 Å². The lowest BCUT2D eigenvalue weighted by Gasteiger charge is -2.43. The van der Waals surface area contributed by atoms with E-state index in [1.807, 2.05) is 4.67 Å². The van der Waals surface area contributed by atoms with Crippen molar-refractivity contribution in [3.63, 3.8) is 0 Å². The number of aliphatic hydroxyl groups excluding tert-OH is 1. The molecule has 0 saturated carbocycles. The lowest BCUT2D eigenvalue weighted by molar-refractivity contribution is -0.158. The molecule has 1 aliphatic heterocycles. The molecule has 1 N–H and O–H groups in total. The molecular formula is C22H46N3O5P. The molecule has 31 heavy (non-hydrogen) atoms. The molecule has 9 heteroatoms. The van der Waals surface area contributed by atoms with Crippen LogP contribution in [0.2, 0.25) is 0 Å². The predicted octanol–water partition coefficient (Wildman–Crippen LogP) is 3.74. The molecule has 184 valence electrons. The van der Waals surface area contributed by atoms with Crippen LogP contribution in [0.4, 0.5) is 0 Å². The highest BCUT2D eigenvalue weighted by Crippen LogP contribution is 2.54. The molecule has 1 rings (SSSR count). The van der Waals surface area contributed by atoms with E-state index in [9.17, 15) is 14.5 Å². The van der Waals surface area contributed by atoms with E-state index in [2.05, 4.69) is 13.8 Å². The van der Waals surface area contributed by atoms with Gasteiger partial charge in [0.1, 0.15) is 5.60 Å². The van der Waals surface area contributed by atoms with Gasteiger partial charge in [0.15, 0.2) is 0 Å². The Bertz CT molecular complexity index is 577. The Morgan fingerprint density at radius 1 is 1.10 bits per heavy atom. The molecule has 8 nitrogen and oxygen atoms in total. The number of aliphatic hydroxyl groups is 1. The summed E-state index contributed by atoms with van der Waals surface area (Å²) in [5.41, 5.74) is -1.01. The van der Waals surface area contributed by atoms with Crippen LogP contribution in [-0.2, 0) is 18.6 Å². The highest BCUT2D eigenvalue weighted by Gasteiger charge is 2.41. The van der Waals surface area contributed by atoms with E-state index in [4.69, 9.17) is 9.26 Å². The van der Waals surface area contributed by atoms with Gasteiger partial charge in [0.05, 0.1) is 18.8 Å². The second kappa shape index (κ2) is 13.3. The topological polar surface area (TPSA) is 82.6 Å². The SMILES string of the molecule is CCCCCC(CCC)OP(=O)(N(C)C)N1CCN(C(=O)C(C)(C)OCC(C)O)CC1. The minimum atomic E-state index is -3.16. The zero-order valence-corrected chi connectivity index (χ0v) is 21.7. The van der Waals surface area contributed by atoms with Crippen LogP contribution in [0, 0.1) is 0 Å². The predicted molar refractivity (Wildman–Crippen MR) is 125 cm³/mol. The number of unbranched alkanes of at least 4 members (excludes halogenated alkanes) is 2. The van der Waals surface area contributed by atoms with Crippen molar-refractivity contribution in [3.8, 4) is 0 Å². The Kier molecular flexibility index (Phi) is 12.2. The molecule has 0 bridgehead atoms. The minimum Gasteiger partial charge on any atom is -0.391 e. The zero-order valence-electron chi connectivity index (χ0n) is 20.8. The summed E-state index contributed by atoms with van der Waals surface area (Å²) in [7, 11) is 0.452. The maximum absolute atomic E-state index is 13.9. The van der Waals surface area contributed by atoms with Crippen molar-refractivity contribution in [2.24, 2.45) is 0 Å². The second-order valence-electron chi connectivity index (χ2n) is 9.27. The Morgan fingerprint density at radius 3 is 2.19 bits per heavy atom. The molecule has 1 heterocycles. The van der Waals surface area contributed by atoms with Gasteiger partial charge in [-0.15, -0.1) is 0 Å². The molecular weight excluding hydrogens is 417 g/mol. The van der Waals surface area contributed by atoms with Crippen molar-refractivity contribution in [2.45, 2.75) is 91.0 Å². The summed E-state index contributed by atoms with van der Waals surface area (Å²) < 4.78 is 29.5. The summed E-state index contributed by atoms with van der Waals surface area (Å²) in [6.45, 7) is 11.4. The molecule has 1 amide bonds. The molecule has 3 unspecified atom stereocenters. The third-order valence-corrected chi connectivity index (χ3v) is 8.33. The largest absolute Gasteiger partial charge is 0.391 e. The van der Waals surface area contributed by atoms with E-state index >= 15 is 0 Å². The first kappa shape index (κ1) is 28.5. The number of ether oxygens (including phenoxy) is 1. The molecule has 0 aromatic carbocycles. The number of carbonyl (C=O) groups is 1. The molecule has 1 aliphatic rings. The van der Waals surface area contributed by atoms with Crippen LogP contribution in [0.5, 0.6) is 0 Å². The number of hydrogen-bond acceptors (Lipinski definition) is 5. The fraction of sp³-hybridized carbons (Fsp3) is 0.955. The monoisotopic (exact) mass is 463 g/mol. The van der Waals surface area contributed by atoms with Crippen LogP contribution >= 0.6 is 7.67 Å². The van der Waals surface area contributed by atoms with Gasteiger partial charge in [-0.1, -0.05) is 39.5 Å². The van der Waals surface area contributed by atoms with Gasteiger partial charge in [-0.2, -0.15) is 0 Å². The Morgan fingerprint density at radius 2 is 1.71 bits per heavy atom. The maximum Gasteiger partial charge on any atom is 0.345 e. The van der Waals surface area contributed by atoms with Crippen LogP contribution < -0.4 is 0 Å². The van der Waals surface area contributed by atoms with E-state index < -0.39 is 19.4 Å². The Labute approximate surface area is 189 Å². The third-order valence-electron chi connectivity index (χ3n) is 5.63. The molecule has 1 fully saturated rings. The van der Waals surface area contributed by atoms with Crippen LogP contribution in [0.1, 0.15) is 73.1 Å². The Balaban J connectivity index is 2.78. The highest BCUT2D eigenvalue weighted by atomic mass is 31.2. The van der Waals surface area contributed by atoms with Crippen molar-refractivity contribution in [1.82, 2.24) is 14.2 Å². The number of hydrogen-bond donors (Lipinski definition) is 1. The van der Waals surface area contributed by atoms with Gasteiger partial charge in [0, 0.05) is 26.2 Å². The molecule has 0 aromatic rings. The van der Waals surface area contributed by atoms with Gasteiger partial charge in [0.2, 0.25) is 0 Å². The molecule has 0 aromatic heterocycles. The summed E-state index contributed by atoms with van der Waals surface area (Å²) in [5, 5.41) is 9.46. The minimum absolute atomic E-state index is 0.0164. The number of nitrogens with zero attached hydrogens (tertiary/aromatic N) is 3. The molecule has 3 atom stereocenters. The summed E-state index contributed by atoms with van der Waals surface area (Å²) in [6, 6.07) is 0. The Hall–Kier alpha value is -0.500.